The van der Waals surface area contributed by atoms with Gasteiger partial charge in [-0.05, 0) is 18.2 Å². The van der Waals surface area contributed by atoms with E-state index in [1.807, 2.05) is 4.90 Å². The molecule has 172 valence electrons. The Bertz CT molecular complexity index is 1090. The minimum atomic E-state index is -4.79. The van der Waals surface area contributed by atoms with Crippen LogP contribution in [0.4, 0.5) is 13.2 Å². The maximum atomic E-state index is 13.5. The van der Waals surface area contributed by atoms with E-state index in [-0.39, 0.29) is 42.1 Å². The smallest absolute Gasteiger partial charge is 0.394 e. The van der Waals surface area contributed by atoms with Gasteiger partial charge in [-0.2, -0.15) is 17.5 Å². The van der Waals surface area contributed by atoms with E-state index in [4.69, 9.17) is 9.84 Å². The van der Waals surface area contributed by atoms with E-state index in [9.17, 15) is 26.4 Å². The zero-order chi connectivity index (χ0) is 22.8. The first-order chi connectivity index (χ1) is 14.6. The Hall–Kier alpha value is -1.99. The third kappa shape index (κ3) is 5.09. The first kappa shape index (κ1) is 23.7. The van der Waals surface area contributed by atoms with Gasteiger partial charge in [-0.15, -0.1) is 0 Å². The molecule has 8 nitrogen and oxygen atoms in total. The molecular formula is C19H24F3N3O5S. The molecular weight excluding hydrogens is 439 g/mol. The predicted octanol–water partition coefficient (Wildman–Crippen LogP) is 0.872. The summed E-state index contributed by atoms with van der Waals surface area (Å²) < 4.78 is 74.0. The topological polar surface area (TPSA) is 92.1 Å². The first-order valence-corrected chi connectivity index (χ1v) is 11.1. The van der Waals surface area contributed by atoms with Crippen molar-refractivity contribution in [3.05, 3.63) is 40.2 Å². The number of hydrogen-bond donors (Lipinski definition) is 1. The number of aryl methyl sites for hydroxylation is 1. The van der Waals surface area contributed by atoms with Gasteiger partial charge >= 0.3 is 6.18 Å². The van der Waals surface area contributed by atoms with Gasteiger partial charge in [-0.25, -0.2) is 8.42 Å². The summed E-state index contributed by atoms with van der Waals surface area (Å²) in [7, 11) is -2.67. The van der Waals surface area contributed by atoms with Crippen LogP contribution in [0.5, 0.6) is 0 Å². The van der Waals surface area contributed by atoms with Crippen LogP contribution in [-0.4, -0.2) is 79.8 Å². The molecule has 1 fully saturated rings. The highest BCUT2D eigenvalue weighted by Crippen LogP contribution is 2.35. The first-order valence-electron chi connectivity index (χ1n) is 9.68. The van der Waals surface area contributed by atoms with Gasteiger partial charge < -0.3 is 14.4 Å². The van der Waals surface area contributed by atoms with Crippen molar-refractivity contribution in [1.82, 2.24) is 13.8 Å². The van der Waals surface area contributed by atoms with Crippen LogP contribution in [0, 0.1) is 0 Å². The number of alkyl halides is 3. The third-order valence-electron chi connectivity index (χ3n) is 5.28. The van der Waals surface area contributed by atoms with Crippen LogP contribution in [0.1, 0.15) is 5.56 Å². The fourth-order valence-electron chi connectivity index (χ4n) is 3.54. The number of aliphatic hydroxyl groups excluding tert-OH is 1. The lowest BCUT2D eigenvalue weighted by atomic mass is 10.1. The van der Waals surface area contributed by atoms with E-state index in [1.54, 1.807) is 0 Å². The minimum Gasteiger partial charge on any atom is -0.394 e. The highest BCUT2D eigenvalue weighted by molar-refractivity contribution is 7.89. The molecule has 2 heterocycles. The van der Waals surface area contributed by atoms with Gasteiger partial charge in [0.25, 0.3) is 5.56 Å². The van der Waals surface area contributed by atoms with Crippen LogP contribution < -0.4 is 5.56 Å². The van der Waals surface area contributed by atoms with Crippen LogP contribution in [0.15, 0.2) is 34.0 Å². The van der Waals surface area contributed by atoms with Crippen molar-refractivity contribution in [3.63, 3.8) is 0 Å². The fourth-order valence-corrected chi connectivity index (χ4v) is 4.99. The molecule has 2 aromatic rings. The molecule has 3 rings (SSSR count). The van der Waals surface area contributed by atoms with E-state index in [0.717, 1.165) is 10.6 Å². The molecule has 1 N–H and O–H groups in total. The zero-order valence-corrected chi connectivity index (χ0v) is 17.7. The number of piperazine rings is 1. The number of sulfonamides is 1. The molecule has 12 heteroatoms. The second kappa shape index (κ2) is 9.25. The average molecular weight is 463 g/mol. The van der Waals surface area contributed by atoms with E-state index in [2.05, 4.69) is 0 Å². The molecule has 1 aromatic heterocycles. The summed E-state index contributed by atoms with van der Waals surface area (Å²) >= 11 is 0. The van der Waals surface area contributed by atoms with Gasteiger partial charge in [0, 0.05) is 51.2 Å². The lowest BCUT2D eigenvalue weighted by molar-refractivity contribution is -0.136. The Labute approximate surface area is 177 Å². The quantitative estimate of drug-likeness (QED) is 0.613. The zero-order valence-electron chi connectivity index (χ0n) is 16.9. The molecule has 0 aliphatic carbocycles. The number of rotatable bonds is 7. The molecule has 0 amide bonds. The van der Waals surface area contributed by atoms with Crippen molar-refractivity contribution in [2.45, 2.75) is 11.1 Å². The summed E-state index contributed by atoms with van der Waals surface area (Å²) in [6, 6.07) is 3.93. The van der Waals surface area contributed by atoms with Crippen molar-refractivity contribution >= 4 is 20.9 Å². The maximum Gasteiger partial charge on any atom is 0.417 e. The number of hydrogen-bond acceptors (Lipinski definition) is 6. The highest BCUT2D eigenvalue weighted by Gasteiger charge is 2.35. The van der Waals surface area contributed by atoms with Gasteiger partial charge in [0.15, 0.2) is 0 Å². The number of nitrogens with zero attached hydrogens (tertiary/aromatic N) is 3. The van der Waals surface area contributed by atoms with Gasteiger partial charge in [0.1, 0.15) is 0 Å². The number of aromatic nitrogens is 1. The summed E-state index contributed by atoms with van der Waals surface area (Å²) in [6.07, 6.45) is -4.79. The van der Waals surface area contributed by atoms with Gasteiger partial charge in [0.05, 0.1) is 35.8 Å². The molecule has 0 saturated carbocycles. The minimum absolute atomic E-state index is 0.00599. The summed E-state index contributed by atoms with van der Waals surface area (Å²) in [5.41, 5.74) is -1.98. The summed E-state index contributed by atoms with van der Waals surface area (Å²) in [5.74, 6) is 0. The highest BCUT2D eigenvalue weighted by atomic mass is 32.2. The van der Waals surface area contributed by atoms with Crippen molar-refractivity contribution < 1.29 is 31.4 Å². The monoisotopic (exact) mass is 463 g/mol. The summed E-state index contributed by atoms with van der Waals surface area (Å²) in [6.45, 7) is 2.47. The van der Waals surface area contributed by atoms with Gasteiger partial charge in [-0.1, -0.05) is 0 Å². The molecule has 0 spiro atoms. The number of pyridine rings is 1. The number of ether oxygens (including phenoxy) is 1. The van der Waals surface area contributed by atoms with Crippen LogP contribution in [-0.2, 0) is 28.0 Å². The molecule has 0 unspecified atom stereocenters. The summed E-state index contributed by atoms with van der Waals surface area (Å²) in [4.78, 5) is 13.7. The lowest BCUT2D eigenvalue weighted by Crippen LogP contribution is -2.49. The molecule has 31 heavy (non-hydrogen) atoms. The normalized spacial score (nSPS) is 16.8. The molecule has 1 aromatic carbocycles. The number of fused-ring (bicyclic) bond motifs is 1. The Morgan fingerprint density at radius 3 is 2.39 bits per heavy atom. The average Bonchev–Trinajstić information content (AvgIpc) is 2.73. The van der Waals surface area contributed by atoms with Crippen LogP contribution in [0.2, 0.25) is 0 Å². The number of benzene rings is 1. The molecule has 1 aliphatic rings. The van der Waals surface area contributed by atoms with E-state index in [1.165, 1.54) is 23.5 Å². The van der Waals surface area contributed by atoms with E-state index >= 15 is 0 Å². The molecule has 0 atom stereocenters. The summed E-state index contributed by atoms with van der Waals surface area (Å²) in [5, 5.41) is 8.36. The largest absolute Gasteiger partial charge is 0.417 e. The lowest BCUT2D eigenvalue weighted by Gasteiger charge is -2.33. The maximum absolute atomic E-state index is 13.5. The SMILES string of the molecule is Cn1c(=O)cc(C(F)(F)F)c2cc(S(=O)(=O)N3CCN(CCOCCO)CC3)ccc21. The molecule has 0 radical (unpaired) electrons. The third-order valence-corrected chi connectivity index (χ3v) is 7.17. The van der Waals surface area contributed by atoms with Crippen LogP contribution >= 0.6 is 0 Å². The predicted molar refractivity (Wildman–Crippen MR) is 107 cm³/mol. The van der Waals surface area contributed by atoms with Crippen LogP contribution in [0.3, 0.4) is 0 Å². The Morgan fingerprint density at radius 2 is 1.77 bits per heavy atom. The molecule has 0 bridgehead atoms. The van der Waals surface area contributed by atoms with Gasteiger partial charge in [0.2, 0.25) is 10.0 Å². The second-order valence-electron chi connectivity index (χ2n) is 7.21. The van der Waals surface area contributed by atoms with Crippen molar-refractivity contribution in [2.75, 3.05) is 52.5 Å². The second-order valence-corrected chi connectivity index (χ2v) is 9.15. The Morgan fingerprint density at radius 1 is 1.10 bits per heavy atom. The molecule has 1 aliphatic heterocycles. The Balaban J connectivity index is 1.85. The van der Waals surface area contributed by atoms with Crippen LogP contribution in [0.25, 0.3) is 10.9 Å². The van der Waals surface area contributed by atoms with E-state index < -0.39 is 27.3 Å². The standard InChI is InChI=1S/C19H24F3N3O5S/c1-23-17-3-2-14(12-15(17)16(13-18(23)27)19(20,21)22)31(28,29)25-6-4-24(5-7-25)8-10-30-11-9-26/h2-3,12-13,26H,4-11H2,1H3. The van der Waals surface area contributed by atoms with Crippen molar-refractivity contribution in [3.8, 4) is 0 Å². The Kier molecular flexibility index (Phi) is 7.06. The number of aliphatic hydroxyl groups is 1. The van der Waals surface area contributed by atoms with Gasteiger partial charge in [-0.3, -0.25) is 9.69 Å². The number of halogens is 3. The van der Waals surface area contributed by atoms with Crippen molar-refractivity contribution in [2.24, 2.45) is 7.05 Å². The fraction of sp³-hybridized carbons (Fsp3) is 0.526. The van der Waals surface area contributed by atoms with Crippen molar-refractivity contribution in [1.29, 1.82) is 0 Å². The van der Waals surface area contributed by atoms with E-state index in [0.29, 0.717) is 32.3 Å². The molecule has 1 saturated heterocycles.